The molecule has 0 spiro atoms. The van der Waals surface area contributed by atoms with Crippen molar-refractivity contribution in [3.63, 3.8) is 0 Å². The Morgan fingerprint density at radius 3 is 2.31 bits per heavy atom. The van der Waals surface area contributed by atoms with Gasteiger partial charge in [0.25, 0.3) is 0 Å². The standard InChI is InChI=1S/C9H15ClN2O/c1-9(2,3)7-6(5-13)8(10)12(4)11-7/h13H,5H2,1-4H3. The smallest absolute Gasteiger partial charge is 0.132 e. The van der Waals surface area contributed by atoms with Gasteiger partial charge in [0, 0.05) is 18.0 Å². The second kappa shape index (κ2) is 3.31. The van der Waals surface area contributed by atoms with Gasteiger partial charge in [-0.05, 0) is 0 Å². The first-order valence-corrected chi connectivity index (χ1v) is 4.58. The highest BCUT2D eigenvalue weighted by Gasteiger charge is 2.24. The first-order chi connectivity index (χ1) is 5.88. The molecule has 4 heteroatoms. The summed E-state index contributed by atoms with van der Waals surface area (Å²) in [5, 5.41) is 13.9. The summed E-state index contributed by atoms with van der Waals surface area (Å²) in [7, 11) is 1.77. The number of hydrogen-bond donors (Lipinski definition) is 1. The Bertz CT molecular complexity index is 312. The minimum Gasteiger partial charge on any atom is -0.391 e. The van der Waals surface area contributed by atoms with Crippen molar-refractivity contribution in [1.82, 2.24) is 9.78 Å². The molecule has 13 heavy (non-hydrogen) atoms. The summed E-state index contributed by atoms with van der Waals surface area (Å²) < 4.78 is 1.59. The lowest BCUT2D eigenvalue weighted by molar-refractivity contribution is 0.278. The van der Waals surface area contributed by atoms with Crippen molar-refractivity contribution in [3.05, 3.63) is 16.4 Å². The lowest BCUT2D eigenvalue weighted by atomic mass is 9.90. The Balaban J connectivity index is 3.30. The fourth-order valence-electron chi connectivity index (χ4n) is 1.29. The largest absolute Gasteiger partial charge is 0.391 e. The Hall–Kier alpha value is -0.540. The molecule has 0 aliphatic heterocycles. The predicted molar refractivity (Wildman–Crippen MR) is 52.8 cm³/mol. The highest BCUT2D eigenvalue weighted by molar-refractivity contribution is 6.30. The van der Waals surface area contributed by atoms with Gasteiger partial charge in [-0.25, -0.2) is 0 Å². The third-order valence-corrected chi connectivity index (χ3v) is 2.41. The van der Waals surface area contributed by atoms with Gasteiger partial charge in [-0.2, -0.15) is 5.10 Å². The molecule has 1 N–H and O–H groups in total. The first kappa shape index (κ1) is 10.5. The molecule has 0 amide bonds. The Morgan fingerprint density at radius 2 is 2.00 bits per heavy atom. The maximum Gasteiger partial charge on any atom is 0.132 e. The molecular formula is C9H15ClN2O. The first-order valence-electron chi connectivity index (χ1n) is 4.20. The van der Waals surface area contributed by atoms with Gasteiger partial charge in [0.15, 0.2) is 0 Å². The van der Waals surface area contributed by atoms with Gasteiger partial charge >= 0.3 is 0 Å². The van der Waals surface area contributed by atoms with E-state index in [1.165, 1.54) is 0 Å². The van der Waals surface area contributed by atoms with Crippen molar-refractivity contribution in [3.8, 4) is 0 Å². The SMILES string of the molecule is Cn1nc(C(C)(C)C)c(CO)c1Cl. The molecule has 1 rings (SSSR count). The number of rotatable bonds is 1. The summed E-state index contributed by atoms with van der Waals surface area (Å²) in [5.41, 5.74) is 1.52. The Kier molecular flexibility index (Phi) is 2.68. The molecule has 0 saturated heterocycles. The fraction of sp³-hybridized carbons (Fsp3) is 0.667. The molecule has 1 heterocycles. The molecule has 0 aliphatic rings. The summed E-state index contributed by atoms with van der Waals surface area (Å²) >= 11 is 5.96. The topological polar surface area (TPSA) is 38.0 Å². The highest BCUT2D eigenvalue weighted by atomic mass is 35.5. The van der Waals surface area contributed by atoms with Crippen molar-refractivity contribution >= 4 is 11.6 Å². The second-order valence-corrected chi connectivity index (χ2v) is 4.51. The Labute approximate surface area is 83.3 Å². The van der Waals surface area contributed by atoms with Crippen molar-refractivity contribution < 1.29 is 5.11 Å². The summed E-state index contributed by atoms with van der Waals surface area (Å²) in [6.45, 7) is 6.08. The monoisotopic (exact) mass is 202 g/mol. The molecule has 0 atom stereocenters. The zero-order chi connectivity index (χ0) is 10.2. The van der Waals surface area contributed by atoms with Gasteiger partial charge in [0.05, 0.1) is 12.3 Å². The fourth-order valence-corrected chi connectivity index (χ4v) is 1.48. The van der Waals surface area contributed by atoms with Gasteiger partial charge in [-0.1, -0.05) is 32.4 Å². The molecule has 74 valence electrons. The summed E-state index contributed by atoms with van der Waals surface area (Å²) in [4.78, 5) is 0. The van der Waals surface area contributed by atoms with Crippen LogP contribution in [-0.4, -0.2) is 14.9 Å². The third kappa shape index (κ3) is 1.86. The van der Waals surface area contributed by atoms with Crippen molar-refractivity contribution in [2.24, 2.45) is 7.05 Å². The molecule has 0 bridgehead atoms. The van der Waals surface area contributed by atoms with Crippen LogP contribution in [0.25, 0.3) is 0 Å². The number of hydrogen-bond acceptors (Lipinski definition) is 2. The average Bonchev–Trinajstić information content (AvgIpc) is 2.28. The zero-order valence-corrected chi connectivity index (χ0v) is 9.18. The third-order valence-electron chi connectivity index (χ3n) is 1.94. The lowest BCUT2D eigenvalue weighted by Gasteiger charge is -2.16. The second-order valence-electron chi connectivity index (χ2n) is 4.15. The van der Waals surface area contributed by atoms with E-state index in [1.54, 1.807) is 11.7 Å². The number of aromatic nitrogens is 2. The van der Waals surface area contributed by atoms with E-state index in [1.807, 2.05) is 20.8 Å². The minimum absolute atomic E-state index is 0.0563. The minimum atomic E-state index is -0.0804. The number of aliphatic hydroxyl groups excluding tert-OH is 1. The Morgan fingerprint density at radius 1 is 1.46 bits per heavy atom. The molecular weight excluding hydrogens is 188 g/mol. The number of aliphatic hydroxyl groups is 1. The van der Waals surface area contributed by atoms with Crippen LogP contribution in [0, 0.1) is 0 Å². The van der Waals surface area contributed by atoms with Crippen LogP contribution < -0.4 is 0 Å². The van der Waals surface area contributed by atoms with Crippen molar-refractivity contribution in [2.75, 3.05) is 0 Å². The lowest BCUT2D eigenvalue weighted by Crippen LogP contribution is -2.14. The molecule has 0 fully saturated rings. The van der Waals surface area contributed by atoms with Gasteiger partial charge < -0.3 is 5.11 Å². The van der Waals surface area contributed by atoms with Crippen LogP contribution in [0.2, 0.25) is 5.15 Å². The van der Waals surface area contributed by atoms with Crippen molar-refractivity contribution in [1.29, 1.82) is 0 Å². The van der Waals surface area contributed by atoms with Crippen LogP contribution >= 0.6 is 11.6 Å². The van der Waals surface area contributed by atoms with Gasteiger partial charge in [-0.15, -0.1) is 0 Å². The zero-order valence-electron chi connectivity index (χ0n) is 8.43. The average molecular weight is 203 g/mol. The van der Waals surface area contributed by atoms with Gasteiger partial charge in [0.1, 0.15) is 5.15 Å². The van der Waals surface area contributed by atoms with Crippen LogP contribution in [0.3, 0.4) is 0 Å². The maximum absolute atomic E-state index is 9.14. The number of halogens is 1. The molecule has 0 radical (unpaired) electrons. The van der Waals surface area contributed by atoms with E-state index in [-0.39, 0.29) is 12.0 Å². The summed E-state index contributed by atoms with van der Waals surface area (Å²) in [6.07, 6.45) is 0. The van der Waals surface area contributed by atoms with E-state index in [4.69, 9.17) is 16.7 Å². The highest BCUT2D eigenvalue weighted by Crippen LogP contribution is 2.29. The van der Waals surface area contributed by atoms with E-state index >= 15 is 0 Å². The van der Waals surface area contributed by atoms with Crippen LogP contribution in [-0.2, 0) is 19.1 Å². The van der Waals surface area contributed by atoms with Crippen LogP contribution in [0.1, 0.15) is 32.0 Å². The summed E-state index contributed by atoms with van der Waals surface area (Å²) in [6, 6.07) is 0. The molecule has 0 unspecified atom stereocenters. The predicted octanol–water partition coefficient (Wildman–Crippen LogP) is 1.86. The van der Waals surface area contributed by atoms with Crippen LogP contribution in [0.5, 0.6) is 0 Å². The van der Waals surface area contributed by atoms with E-state index in [0.29, 0.717) is 5.15 Å². The molecule has 1 aromatic heterocycles. The quantitative estimate of drug-likeness (QED) is 0.755. The van der Waals surface area contributed by atoms with Crippen LogP contribution in [0.4, 0.5) is 0 Å². The normalized spacial score (nSPS) is 12.2. The van der Waals surface area contributed by atoms with Crippen molar-refractivity contribution in [2.45, 2.75) is 32.8 Å². The van der Waals surface area contributed by atoms with Crippen LogP contribution in [0.15, 0.2) is 0 Å². The summed E-state index contributed by atoms with van der Waals surface area (Å²) in [5.74, 6) is 0. The molecule has 0 saturated carbocycles. The van der Waals surface area contributed by atoms with E-state index < -0.39 is 0 Å². The number of aryl methyl sites for hydroxylation is 1. The van der Waals surface area contributed by atoms with Gasteiger partial charge in [0.2, 0.25) is 0 Å². The molecule has 3 nitrogen and oxygen atoms in total. The van der Waals surface area contributed by atoms with E-state index in [0.717, 1.165) is 11.3 Å². The molecule has 0 aliphatic carbocycles. The van der Waals surface area contributed by atoms with E-state index in [2.05, 4.69) is 5.10 Å². The number of nitrogens with zero attached hydrogens (tertiary/aromatic N) is 2. The maximum atomic E-state index is 9.14. The van der Waals surface area contributed by atoms with Gasteiger partial charge in [-0.3, -0.25) is 4.68 Å². The molecule has 0 aromatic carbocycles. The molecule has 1 aromatic rings. The van der Waals surface area contributed by atoms with E-state index in [9.17, 15) is 0 Å².